The molecule has 2 unspecified atom stereocenters. The van der Waals surface area contributed by atoms with Crippen LogP contribution in [0.3, 0.4) is 0 Å². The van der Waals surface area contributed by atoms with E-state index >= 15 is 0 Å². The molecule has 2 atom stereocenters. The molecule has 0 aliphatic carbocycles. The summed E-state index contributed by atoms with van der Waals surface area (Å²) in [5.41, 5.74) is 1.03. The Morgan fingerprint density at radius 1 is 1.20 bits per heavy atom. The molecule has 3 rings (SSSR count). The van der Waals surface area contributed by atoms with Crippen LogP contribution in [-0.2, 0) is 4.74 Å². The Morgan fingerprint density at radius 3 is 2.44 bits per heavy atom. The van der Waals surface area contributed by atoms with Crippen LogP contribution < -0.4 is 0 Å². The molecule has 4 nitrogen and oxygen atoms in total. The first-order valence-corrected chi connectivity index (χ1v) is 9.35. The fourth-order valence-corrected chi connectivity index (χ4v) is 4.03. The number of carbonyl (C=O) groups excluding carboxylic acids is 1. The maximum absolute atomic E-state index is 13.7. The van der Waals surface area contributed by atoms with Crippen molar-refractivity contribution in [3.05, 3.63) is 35.1 Å². The van der Waals surface area contributed by atoms with Crippen LogP contribution in [-0.4, -0.2) is 60.6 Å². The third-order valence-corrected chi connectivity index (χ3v) is 5.33. The van der Waals surface area contributed by atoms with Gasteiger partial charge >= 0.3 is 0 Å². The van der Waals surface area contributed by atoms with Crippen LogP contribution in [0.5, 0.6) is 0 Å². The second-order valence-corrected chi connectivity index (χ2v) is 7.68. The summed E-state index contributed by atoms with van der Waals surface area (Å²) >= 11 is 0. The van der Waals surface area contributed by atoms with Gasteiger partial charge in [0, 0.05) is 38.3 Å². The molecule has 1 aromatic rings. The second kappa shape index (κ2) is 7.83. The van der Waals surface area contributed by atoms with E-state index in [-0.39, 0.29) is 11.7 Å². The van der Waals surface area contributed by atoms with Gasteiger partial charge in [0.2, 0.25) is 0 Å². The van der Waals surface area contributed by atoms with Gasteiger partial charge < -0.3 is 9.64 Å². The Bertz CT molecular complexity index is 604. The van der Waals surface area contributed by atoms with Crippen molar-refractivity contribution < 1.29 is 13.9 Å². The molecule has 2 saturated heterocycles. The molecule has 0 N–H and O–H groups in total. The Labute approximate surface area is 149 Å². The summed E-state index contributed by atoms with van der Waals surface area (Å²) in [6.45, 7) is 10.6. The number of aryl methyl sites for hydroxylation is 1. The van der Waals surface area contributed by atoms with Gasteiger partial charge in [-0.15, -0.1) is 0 Å². The van der Waals surface area contributed by atoms with Crippen molar-refractivity contribution in [3.8, 4) is 0 Å². The van der Waals surface area contributed by atoms with Gasteiger partial charge in [-0.3, -0.25) is 9.69 Å². The molecule has 2 fully saturated rings. The number of hydrogen-bond donors (Lipinski definition) is 0. The van der Waals surface area contributed by atoms with Crippen molar-refractivity contribution in [1.82, 2.24) is 9.80 Å². The minimum atomic E-state index is -0.309. The maximum atomic E-state index is 13.7. The molecule has 1 amide bonds. The zero-order valence-corrected chi connectivity index (χ0v) is 15.5. The normalized spacial score (nSPS) is 26.0. The number of piperidine rings is 1. The van der Waals surface area contributed by atoms with Crippen molar-refractivity contribution in [2.75, 3.05) is 32.7 Å². The van der Waals surface area contributed by atoms with Gasteiger partial charge in [0.25, 0.3) is 5.91 Å². The minimum Gasteiger partial charge on any atom is -0.373 e. The van der Waals surface area contributed by atoms with Gasteiger partial charge in [0.15, 0.2) is 0 Å². The van der Waals surface area contributed by atoms with Gasteiger partial charge in [-0.05, 0) is 57.2 Å². The van der Waals surface area contributed by atoms with E-state index in [1.54, 1.807) is 19.1 Å². The van der Waals surface area contributed by atoms with Crippen LogP contribution in [0.2, 0.25) is 0 Å². The third-order valence-electron chi connectivity index (χ3n) is 5.33. The highest BCUT2D eigenvalue weighted by Gasteiger charge is 2.28. The molecule has 2 heterocycles. The number of ether oxygens (including phenoxy) is 1. The Kier molecular flexibility index (Phi) is 5.74. The Balaban J connectivity index is 1.51. The minimum absolute atomic E-state index is 0.0500. The lowest BCUT2D eigenvalue weighted by atomic mass is 9.95. The molecule has 0 radical (unpaired) electrons. The molecule has 0 spiro atoms. The molecule has 2 aliphatic rings. The van der Waals surface area contributed by atoms with E-state index < -0.39 is 0 Å². The van der Waals surface area contributed by atoms with E-state index in [4.69, 9.17) is 4.74 Å². The summed E-state index contributed by atoms with van der Waals surface area (Å²) in [6.07, 6.45) is 2.61. The van der Waals surface area contributed by atoms with Gasteiger partial charge in [-0.1, -0.05) is 6.07 Å². The van der Waals surface area contributed by atoms with Crippen LogP contribution >= 0.6 is 0 Å². The molecule has 1 aromatic carbocycles. The summed E-state index contributed by atoms with van der Waals surface area (Å²) < 4.78 is 19.5. The predicted molar refractivity (Wildman–Crippen MR) is 96.2 cm³/mol. The average Bonchev–Trinajstić information content (AvgIpc) is 2.56. The summed E-state index contributed by atoms with van der Waals surface area (Å²) in [7, 11) is 0. The highest BCUT2D eigenvalue weighted by Crippen LogP contribution is 2.22. The summed E-state index contributed by atoms with van der Waals surface area (Å²) in [5.74, 6) is 0.263. The van der Waals surface area contributed by atoms with E-state index in [0.717, 1.165) is 45.6 Å². The first-order valence-electron chi connectivity index (χ1n) is 9.35. The molecule has 5 heteroatoms. The average molecular weight is 348 g/mol. The smallest absolute Gasteiger partial charge is 0.253 e. The lowest BCUT2D eigenvalue weighted by Crippen LogP contribution is -2.48. The number of hydrogen-bond acceptors (Lipinski definition) is 3. The molecule has 25 heavy (non-hydrogen) atoms. The summed E-state index contributed by atoms with van der Waals surface area (Å²) in [6, 6.07) is 4.76. The molecule has 2 aliphatic heterocycles. The zero-order valence-electron chi connectivity index (χ0n) is 15.5. The standard InChI is InChI=1S/C20H29FN2O2/c1-14-4-5-18(10-19(14)21)20(24)23-8-6-17(7-9-23)13-22-11-15(2)25-16(3)12-22/h4-5,10,15-17H,6-9,11-13H2,1-3H3. The highest BCUT2D eigenvalue weighted by molar-refractivity contribution is 5.94. The number of nitrogens with zero attached hydrogens (tertiary/aromatic N) is 2. The van der Waals surface area contributed by atoms with Crippen molar-refractivity contribution in [2.24, 2.45) is 5.92 Å². The Hall–Kier alpha value is -1.46. The van der Waals surface area contributed by atoms with E-state index in [1.165, 1.54) is 6.07 Å². The number of amides is 1. The molecule has 138 valence electrons. The fourth-order valence-electron chi connectivity index (χ4n) is 4.03. The second-order valence-electron chi connectivity index (χ2n) is 7.68. The number of carbonyl (C=O) groups is 1. The van der Waals surface area contributed by atoms with Crippen LogP contribution in [0.15, 0.2) is 18.2 Å². The SMILES string of the molecule is Cc1ccc(C(=O)N2CCC(CN3CC(C)OC(C)C3)CC2)cc1F. The molecule has 0 bridgehead atoms. The largest absolute Gasteiger partial charge is 0.373 e. The summed E-state index contributed by atoms with van der Waals surface area (Å²) in [5, 5.41) is 0. The molecular weight excluding hydrogens is 319 g/mol. The first kappa shape index (κ1) is 18.3. The number of benzene rings is 1. The van der Waals surface area contributed by atoms with Crippen molar-refractivity contribution in [1.29, 1.82) is 0 Å². The van der Waals surface area contributed by atoms with Crippen molar-refractivity contribution in [2.45, 2.75) is 45.8 Å². The van der Waals surface area contributed by atoms with Gasteiger partial charge in [-0.25, -0.2) is 4.39 Å². The third kappa shape index (κ3) is 4.59. The van der Waals surface area contributed by atoms with Crippen molar-refractivity contribution in [3.63, 3.8) is 0 Å². The van der Waals surface area contributed by atoms with Crippen LogP contribution in [0.1, 0.15) is 42.6 Å². The van der Waals surface area contributed by atoms with Gasteiger partial charge in [0.05, 0.1) is 12.2 Å². The Morgan fingerprint density at radius 2 is 1.84 bits per heavy atom. The topological polar surface area (TPSA) is 32.8 Å². The maximum Gasteiger partial charge on any atom is 0.253 e. The highest BCUT2D eigenvalue weighted by atomic mass is 19.1. The summed E-state index contributed by atoms with van der Waals surface area (Å²) in [4.78, 5) is 16.9. The van der Waals surface area contributed by atoms with E-state index in [9.17, 15) is 9.18 Å². The van der Waals surface area contributed by atoms with E-state index in [0.29, 0.717) is 29.3 Å². The molecule has 0 aromatic heterocycles. The number of morpholine rings is 1. The quantitative estimate of drug-likeness (QED) is 0.841. The first-order chi connectivity index (χ1) is 11.9. The monoisotopic (exact) mass is 348 g/mol. The van der Waals surface area contributed by atoms with Crippen molar-refractivity contribution >= 4 is 5.91 Å². The zero-order chi connectivity index (χ0) is 18.0. The van der Waals surface area contributed by atoms with E-state index in [1.807, 2.05) is 4.90 Å². The predicted octanol–water partition coefficient (Wildman–Crippen LogP) is 3.10. The number of halogens is 1. The van der Waals surface area contributed by atoms with Gasteiger partial charge in [0.1, 0.15) is 5.82 Å². The lowest BCUT2D eigenvalue weighted by molar-refractivity contribution is -0.0728. The fraction of sp³-hybridized carbons (Fsp3) is 0.650. The number of likely N-dealkylation sites (tertiary alicyclic amines) is 1. The lowest BCUT2D eigenvalue weighted by Gasteiger charge is -2.39. The van der Waals surface area contributed by atoms with Crippen LogP contribution in [0, 0.1) is 18.7 Å². The van der Waals surface area contributed by atoms with Crippen LogP contribution in [0.25, 0.3) is 0 Å². The molecule has 0 saturated carbocycles. The van der Waals surface area contributed by atoms with E-state index in [2.05, 4.69) is 18.7 Å². The van der Waals surface area contributed by atoms with Gasteiger partial charge in [-0.2, -0.15) is 0 Å². The molecular formula is C20H29FN2O2. The van der Waals surface area contributed by atoms with Crippen LogP contribution in [0.4, 0.5) is 4.39 Å². The number of rotatable bonds is 3.